The Hall–Kier alpha value is -3.08. The van der Waals surface area contributed by atoms with Crippen LogP contribution in [0.15, 0.2) is 66.1 Å². The van der Waals surface area contributed by atoms with Crippen LogP contribution in [0.3, 0.4) is 0 Å². The molecule has 3 heterocycles. The molecule has 152 valence electrons. The Morgan fingerprint density at radius 3 is 2.63 bits per heavy atom. The van der Waals surface area contributed by atoms with Crippen LogP contribution in [0, 0.1) is 0 Å². The molecular formula is C21H19IN6O2. The van der Waals surface area contributed by atoms with E-state index in [0.717, 1.165) is 23.4 Å². The van der Waals surface area contributed by atoms with Gasteiger partial charge in [-0.1, -0.05) is 40.8 Å². The Bertz CT molecular complexity index is 1250. The van der Waals surface area contributed by atoms with Gasteiger partial charge in [0.25, 0.3) is 0 Å². The van der Waals surface area contributed by atoms with Crippen molar-refractivity contribution in [1.29, 1.82) is 0 Å². The molecule has 1 N–H and O–H groups in total. The normalized spacial score (nSPS) is 13.2. The van der Waals surface area contributed by atoms with Crippen LogP contribution >= 0.6 is 22.6 Å². The molecule has 0 saturated carbocycles. The fourth-order valence-electron chi connectivity index (χ4n) is 3.08. The lowest BCUT2D eigenvalue weighted by Crippen LogP contribution is -2.28. The van der Waals surface area contributed by atoms with Gasteiger partial charge in [-0.05, 0) is 25.5 Å². The molecule has 0 aliphatic rings. The molecule has 8 nitrogen and oxygen atoms in total. The Labute approximate surface area is 186 Å². The zero-order chi connectivity index (χ0) is 21.3. The van der Waals surface area contributed by atoms with Crippen molar-refractivity contribution in [2.45, 2.75) is 23.8 Å². The molecule has 1 unspecified atom stereocenters. The number of aryl methyl sites for hydroxylation is 1. The van der Waals surface area contributed by atoms with Gasteiger partial charge in [-0.25, -0.2) is 14.6 Å². The first-order chi connectivity index (χ1) is 14.4. The first-order valence-electron chi connectivity index (χ1n) is 9.32. The smallest absolute Gasteiger partial charge is 0.205 e. The summed E-state index contributed by atoms with van der Waals surface area (Å²) in [7, 11) is 0. The molecule has 0 fully saturated rings. The Balaban J connectivity index is 1.76. The lowest BCUT2D eigenvalue weighted by Gasteiger charge is -2.23. The standard InChI is InChI=1S/C21H19IN6O2/c1-3-27-13-16(10-25-27)28-8-7-18(30)19(26-28)21(2,22)15-6-4-5-14(9-15)20-23-11-17(29)12-24-20/h4-13,29H,3H2,1-2H3. The number of aromatic hydroxyl groups is 1. The molecule has 0 aliphatic heterocycles. The molecule has 0 radical (unpaired) electrons. The molecule has 4 rings (SSSR count). The van der Waals surface area contributed by atoms with E-state index in [-0.39, 0.29) is 11.2 Å². The summed E-state index contributed by atoms with van der Waals surface area (Å²) in [6.07, 6.45) is 7.96. The molecule has 30 heavy (non-hydrogen) atoms. The third kappa shape index (κ3) is 3.84. The monoisotopic (exact) mass is 514 g/mol. The highest BCUT2D eigenvalue weighted by Gasteiger charge is 2.31. The maximum absolute atomic E-state index is 12.7. The lowest BCUT2D eigenvalue weighted by atomic mass is 9.95. The Morgan fingerprint density at radius 2 is 1.93 bits per heavy atom. The van der Waals surface area contributed by atoms with E-state index in [1.807, 2.05) is 44.3 Å². The van der Waals surface area contributed by atoms with Crippen molar-refractivity contribution in [1.82, 2.24) is 29.5 Å². The third-order valence-electron chi connectivity index (χ3n) is 4.76. The summed E-state index contributed by atoms with van der Waals surface area (Å²) in [5.74, 6) is 0.501. The van der Waals surface area contributed by atoms with Crippen LogP contribution in [-0.2, 0) is 9.97 Å². The van der Waals surface area contributed by atoms with E-state index in [1.165, 1.54) is 18.5 Å². The molecule has 0 amide bonds. The summed E-state index contributed by atoms with van der Waals surface area (Å²) in [6, 6.07) is 9.19. The summed E-state index contributed by atoms with van der Waals surface area (Å²) in [4.78, 5) is 21.1. The fourth-order valence-corrected chi connectivity index (χ4v) is 3.79. The minimum absolute atomic E-state index is 0.00839. The van der Waals surface area contributed by atoms with E-state index in [0.29, 0.717) is 11.5 Å². The van der Waals surface area contributed by atoms with Gasteiger partial charge in [0.2, 0.25) is 5.43 Å². The van der Waals surface area contributed by atoms with Crippen LogP contribution in [0.4, 0.5) is 0 Å². The minimum atomic E-state index is -0.689. The van der Waals surface area contributed by atoms with Crippen molar-refractivity contribution >= 4 is 22.6 Å². The first-order valence-corrected chi connectivity index (χ1v) is 10.4. The van der Waals surface area contributed by atoms with Gasteiger partial charge < -0.3 is 5.11 Å². The largest absolute Gasteiger partial charge is 0.505 e. The highest BCUT2D eigenvalue weighted by Crippen LogP contribution is 2.37. The first kappa shape index (κ1) is 20.2. The molecule has 4 aromatic rings. The van der Waals surface area contributed by atoms with Crippen molar-refractivity contribution < 1.29 is 5.11 Å². The summed E-state index contributed by atoms with van der Waals surface area (Å²) >= 11 is 2.25. The summed E-state index contributed by atoms with van der Waals surface area (Å²) < 4.78 is 2.78. The van der Waals surface area contributed by atoms with E-state index < -0.39 is 3.42 Å². The van der Waals surface area contributed by atoms with Crippen molar-refractivity contribution in [2.24, 2.45) is 0 Å². The molecule has 0 bridgehead atoms. The summed E-state index contributed by atoms with van der Waals surface area (Å²) in [5, 5.41) is 18.3. The molecule has 3 aromatic heterocycles. The molecule has 0 spiro atoms. The SMILES string of the molecule is CCn1cc(-n2ccc(=O)c(C(C)(I)c3cccc(-c4ncc(O)cn4)c3)n2)cn1. The van der Waals surface area contributed by atoms with Crippen molar-refractivity contribution in [3.8, 4) is 22.8 Å². The zero-order valence-corrected chi connectivity index (χ0v) is 18.6. The number of hydrogen-bond acceptors (Lipinski definition) is 6. The molecular weight excluding hydrogens is 495 g/mol. The average Bonchev–Trinajstić information content (AvgIpc) is 3.24. The minimum Gasteiger partial charge on any atom is -0.505 e. The number of hydrogen-bond donors (Lipinski definition) is 1. The van der Waals surface area contributed by atoms with Gasteiger partial charge in [0.15, 0.2) is 11.6 Å². The summed E-state index contributed by atoms with van der Waals surface area (Å²) in [6.45, 7) is 4.71. The predicted octanol–water partition coefficient (Wildman–Crippen LogP) is 3.31. The van der Waals surface area contributed by atoms with Crippen molar-refractivity contribution in [3.63, 3.8) is 0 Å². The third-order valence-corrected chi connectivity index (χ3v) is 5.90. The maximum Gasteiger partial charge on any atom is 0.205 e. The topological polar surface area (TPSA) is 98.7 Å². The maximum atomic E-state index is 12.7. The predicted molar refractivity (Wildman–Crippen MR) is 121 cm³/mol. The second-order valence-corrected chi connectivity index (χ2v) is 9.03. The van der Waals surface area contributed by atoms with Crippen LogP contribution in [0.2, 0.25) is 0 Å². The number of nitrogens with zero attached hydrogens (tertiary/aromatic N) is 6. The van der Waals surface area contributed by atoms with E-state index in [2.05, 4.69) is 42.8 Å². The van der Waals surface area contributed by atoms with Gasteiger partial charge in [-0.15, -0.1) is 0 Å². The van der Waals surface area contributed by atoms with Gasteiger partial charge in [0.05, 0.1) is 28.2 Å². The molecule has 9 heteroatoms. The highest BCUT2D eigenvalue weighted by atomic mass is 127. The number of rotatable bonds is 5. The van der Waals surface area contributed by atoms with E-state index in [9.17, 15) is 9.90 Å². The van der Waals surface area contributed by atoms with Gasteiger partial charge in [-0.3, -0.25) is 9.48 Å². The molecule has 0 aliphatic carbocycles. The Kier molecular flexibility index (Phi) is 5.37. The number of benzene rings is 1. The van der Waals surface area contributed by atoms with E-state index in [4.69, 9.17) is 0 Å². The van der Waals surface area contributed by atoms with Crippen LogP contribution in [-0.4, -0.2) is 34.6 Å². The Morgan fingerprint density at radius 1 is 1.17 bits per heavy atom. The van der Waals surface area contributed by atoms with E-state index >= 15 is 0 Å². The van der Waals surface area contributed by atoms with Crippen molar-refractivity contribution in [2.75, 3.05) is 0 Å². The number of halogens is 1. The number of aromatic nitrogens is 6. The molecule has 0 saturated heterocycles. The van der Waals surface area contributed by atoms with Gasteiger partial charge in [0.1, 0.15) is 11.4 Å². The molecule has 1 atom stereocenters. The fraction of sp³-hybridized carbons (Fsp3) is 0.190. The highest BCUT2D eigenvalue weighted by molar-refractivity contribution is 14.1. The number of alkyl halides is 1. The summed E-state index contributed by atoms with van der Waals surface area (Å²) in [5.41, 5.74) is 2.74. The van der Waals surface area contributed by atoms with Gasteiger partial charge >= 0.3 is 0 Å². The van der Waals surface area contributed by atoms with Crippen LogP contribution in [0.25, 0.3) is 17.1 Å². The van der Waals surface area contributed by atoms with Crippen LogP contribution in [0.5, 0.6) is 5.75 Å². The average molecular weight is 514 g/mol. The second-order valence-electron chi connectivity index (χ2n) is 6.88. The quantitative estimate of drug-likeness (QED) is 0.324. The van der Waals surface area contributed by atoms with Crippen molar-refractivity contribution in [3.05, 3.63) is 82.8 Å². The lowest BCUT2D eigenvalue weighted by molar-refractivity contribution is 0.470. The second kappa shape index (κ2) is 7.98. The zero-order valence-electron chi connectivity index (χ0n) is 16.4. The van der Waals surface area contributed by atoms with E-state index in [1.54, 1.807) is 21.8 Å². The van der Waals surface area contributed by atoms with Gasteiger partial charge in [-0.2, -0.15) is 10.2 Å². The van der Waals surface area contributed by atoms with Crippen LogP contribution in [0.1, 0.15) is 25.1 Å². The van der Waals surface area contributed by atoms with Gasteiger partial charge in [0, 0.05) is 24.4 Å². The molecule has 1 aromatic carbocycles. The van der Waals surface area contributed by atoms with Crippen LogP contribution < -0.4 is 5.43 Å².